The number of nitrogens with zero attached hydrogens (tertiary/aromatic N) is 2. The van der Waals surface area contributed by atoms with Gasteiger partial charge in [0.05, 0.1) is 0 Å². The number of anilines is 1. The molecular formula is C10H11FN2O2. The van der Waals surface area contributed by atoms with E-state index in [4.69, 9.17) is 5.11 Å². The molecule has 0 aromatic carbocycles. The lowest BCUT2D eigenvalue weighted by Crippen LogP contribution is -2.36. The summed E-state index contributed by atoms with van der Waals surface area (Å²) >= 11 is 0. The number of carboxylic acid groups (broad SMARTS) is 1. The van der Waals surface area contributed by atoms with Crippen LogP contribution in [0.4, 0.5) is 10.2 Å². The van der Waals surface area contributed by atoms with Crippen LogP contribution in [-0.4, -0.2) is 28.6 Å². The Balaban J connectivity index is 2.30. The van der Waals surface area contributed by atoms with E-state index in [0.717, 1.165) is 6.42 Å². The van der Waals surface area contributed by atoms with E-state index >= 15 is 0 Å². The molecule has 15 heavy (non-hydrogen) atoms. The molecule has 0 spiro atoms. The molecule has 1 N–H and O–H groups in total. The second kappa shape index (κ2) is 3.84. The minimum atomic E-state index is -0.919. The van der Waals surface area contributed by atoms with Crippen LogP contribution in [0.5, 0.6) is 0 Å². The van der Waals surface area contributed by atoms with Gasteiger partial charge in [-0.15, -0.1) is 0 Å². The van der Waals surface area contributed by atoms with Gasteiger partial charge in [0.2, 0.25) is 0 Å². The Hall–Kier alpha value is -1.65. The number of hydrogen-bond acceptors (Lipinski definition) is 3. The molecule has 2 rings (SSSR count). The summed E-state index contributed by atoms with van der Waals surface area (Å²) in [7, 11) is 0. The van der Waals surface area contributed by atoms with Gasteiger partial charge in [0.1, 0.15) is 6.04 Å². The number of aromatic nitrogens is 1. The zero-order chi connectivity index (χ0) is 10.8. The average molecular weight is 210 g/mol. The molecule has 2 heterocycles. The van der Waals surface area contributed by atoms with Crippen molar-refractivity contribution in [1.29, 1.82) is 0 Å². The Morgan fingerprint density at radius 3 is 3.13 bits per heavy atom. The van der Waals surface area contributed by atoms with Crippen molar-refractivity contribution in [3.8, 4) is 0 Å². The molecule has 1 aliphatic heterocycles. The second-order valence-corrected chi connectivity index (χ2v) is 3.50. The van der Waals surface area contributed by atoms with Gasteiger partial charge in [-0.1, -0.05) is 0 Å². The molecule has 1 fully saturated rings. The molecule has 4 nitrogen and oxygen atoms in total. The second-order valence-electron chi connectivity index (χ2n) is 3.50. The maximum Gasteiger partial charge on any atom is 0.326 e. The van der Waals surface area contributed by atoms with Gasteiger partial charge < -0.3 is 10.0 Å². The molecule has 0 saturated carbocycles. The van der Waals surface area contributed by atoms with E-state index in [1.54, 1.807) is 0 Å². The number of hydrogen-bond donors (Lipinski definition) is 1. The minimum Gasteiger partial charge on any atom is -0.480 e. The van der Waals surface area contributed by atoms with Crippen molar-refractivity contribution in [2.45, 2.75) is 18.9 Å². The lowest BCUT2D eigenvalue weighted by atomic mass is 10.2. The standard InChI is InChI=1S/C10H11FN2O2/c11-7-3-1-5-12-9(7)13-6-2-4-8(13)10(14)15/h1,3,5,8H,2,4,6H2,(H,14,15). The van der Waals surface area contributed by atoms with E-state index < -0.39 is 17.8 Å². The summed E-state index contributed by atoms with van der Waals surface area (Å²) in [5.41, 5.74) is 0. The zero-order valence-electron chi connectivity index (χ0n) is 8.06. The quantitative estimate of drug-likeness (QED) is 0.798. The van der Waals surface area contributed by atoms with E-state index in [0.29, 0.717) is 13.0 Å². The van der Waals surface area contributed by atoms with Gasteiger partial charge >= 0.3 is 5.97 Å². The van der Waals surface area contributed by atoms with Crippen LogP contribution in [0.2, 0.25) is 0 Å². The first kappa shape index (κ1) is 9.89. The molecule has 0 aliphatic carbocycles. The van der Waals surface area contributed by atoms with Gasteiger partial charge in [0.15, 0.2) is 11.6 Å². The highest BCUT2D eigenvalue weighted by Crippen LogP contribution is 2.25. The van der Waals surface area contributed by atoms with Gasteiger partial charge in [0, 0.05) is 12.7 Å². The highest BCUT2D eigenvalue weighted by atomic mass is 19.1. The minimum absolute atomic E-state index is 0.141. The van der Waals surface area contributed by atoms with Gasteiger partial charge in [-0.25, -0.2) is 14.2 Å². The number of carbonyl (C=O) groups is 1. The SMILES string of the molecule is O=C(O)C1CCCN1c1ncccc1F. The number of rotatable bonds is 2. The summed E-state index contributed by atoms with van der Waals surface area (Å²) in [5, 5.41) is 8.94. The molecule has 1 atom stereocenters. The largest absolute Gasteiger partial charge is 0.480 e. The van der Waals surface area contributed by atoms with Crippen molar-refractivity contribution in [1.82, 2.24) is 4.98 Å². The first-order valence-corrected chi connectivity index (χ1v) is 4.80. The molecule has 1 aliphatic rings. The summed E-state index contributed by atoms with van der Waals surface area (Å²) < 4.78 is 13.4. The van der Waals surface area contributed by atoms with Gasteiger partial charge in [-0.2, -0.15) is 0 Å². The summed E-state index contributed by atoms with van der Waals surface area (Å²) in [6, 6.07) is 2.14. The fourth-order valence-corrected chi connectivity index (χ4v) is 1.87. The third-order valence-corrected chi connectivity index (χ3v) is 2.55. The number of carboxylic acids is 1. The molecule has 1 aromatic heterocycles. The normalized spacial score (nSPS) is 20.6. The Bertz CT molecular complexity index is 383. The van der Waals surface area contributed by atoms with Crippen LogP contribution >= 0.6 is 0 Å². The Morgan fingerprint density at radius 2 is 2.47 bits per heavy atom. The average Bonchev–Trinajstić information content (AvgIpc) is 2.67. The first-order chi connectivity index (χ1) is 7.20. The number of pyridine rings is 1. The third-order valence-electron chi connectivity index (χ3n) is 2.55. The molecule has 1 aromatic rings. The zero-order valence-corrected chi connectivity index (χ0v) is 8.06. The van der Waals surface area contributed by atoms with Gasteiger partial charge in [-0.05, 0) is 25.0 Å². The van der Waals surface area contributed by atoms with Crippen LogP contribution in [0.1, 0.15) is 12.8 Å². The molecule has 1 saturated heterocycles. The maximum atomic E-state index is 13.4. The van der Waals surface area contributed by atoms with E-state index in [1.165, 1.54) is 23.2 Å². The van der Waals surface area contributed by atoms with Gasteiger partial charge in [-0.3, -0.25) is 0 Å². The van der Waals surface area contributed by atoms with Crippen LogP contribution < -0.4 is 4.90 Å². The van der Waals surface area contributed by atoms with Crippen molar-refractivity contribution >= 4 is 11.8 Å². The highest BCUT2D eigenvalue weighted by molar-refractivity contribution is 5.78. The molecular weight excluding hydrogens is 199 g/mol. The van der Waals surface area contributed by atoms with Crippen molar-refractivity contribution in [3.63, 3.8) is 0 Å². The summed E-state index contributed by atoms with van der Waals surface area (Å²) in [6.45, 7) is 0.547. The van der Waals surface area contributed by atoms with Crippen molar-refractivity contribution < 1.29 is 14.3 Å². The number of aliphatic carboxylic acids is 1. The fourth-order valence-electron chi connectivity index (χ4n) is 1.87. The smallest absolute Gasteiger partial charge is 0.326 e. The molecule has 0 radical (unpaired) electrons. The van der Waals surface area contributed by atoms with E-state index in [1.807, 2.05) is 0 Å². The maximum absolute atomic E-state index is 13.4. The van der Waals surface area contributed by atoms with Crippen molar-refractivity contribution in [3.05, 3.63) is 24.1 Å². The highest BCUT2D eigenvalue weighted by Gasteiger charge is 2.32. The van der Waals surface area contributed by atoms with Gasteiger partial charge in [0.25, 0.3) is 0 Å². The topological polar surface area (TPSA) is 53.4 Å². The molecule has 0 bridgehead atoms. The third kappa shape index (κ3) is 1.77. The van der Waals surface area contributed by atoms with Crippen molar-refractivity contribution in [2.24, 2.45) is 0 Å². The predicted molar refractivity (Wildman–Crippen MR) is 52.2 cm³/mol. The summed E-state index contributed by atoms with van der Waals surface area (Å²) in [5.74, 6) is -1.24. The van der Waals surface area contributed by atoms with Crippen LogP contribution in [0, 0.1) is 5.82 Å². The van der Waals surface area contributed by atoms with Crippen LogP contribution in [0.15, 0.2) is 18.3 Å². The Kier molecular flexibility index (Phi) is 2.53. The fraction of sp³-hybridized carbons (Fsp3) is 0.400. The lowest BCUT2D eigenvalue weighted by Gasteiger charge is -2.22. The molecule has 1 unspecified atom stereocenters. The van der Waals surface area contributed by atoms with E-state index in [9.17, 15) is 9.18 Å². The van der Waals surface area contributed by atoms with Crippen LogP contribution in [0.3, 0.4) is 0 Å². The molecule has 5 heteroatoms. The first-order valence-electron chi connectivity index (χ1n) is 4.80. The van der Waals surface area contributed by atoms with Crippen LogP contribution in [-0.2, 0) is 4.79 Å². The van der Waals surface area contributed by atoms with E-state index in [-0.39, 0.29) is 5.82 Å². The Labute approximate surface area is 86.4 Å². The lowest BCUT2D eigenvalue weighted by molar-refractivity contribution is -0.138. The van der Waals surface area contributed by atoms with Crippen molar-refractivity contribution in [2.75, 3.05) is 11.4 Å². The summed E-state index contributed by atoms with van der Waals surface area (Å²) in [6.07, 6.45) is 2.77. The molecule has 80 valence electrons. The van der Waals surface area contributed by atoms with E-state index in [2.05, 4.69) is 4.98 Å². The monoisotopic (exact) mass is 210 g/mol. The number of halogens is 1. The molecule has 0 amide bonds. The Morgan fingerprint density at radius 1 is 1.67 bits per heavy atom. The van der Waals surface area contributed by atoms with Crippen LogP contribution in [0.25, 0.3) is 0 Å². The summed E-state index contributed by atoms with van der Waals surface area (Å²) in [4.78, 5) is 16.3. The predicted octanol–water partition coefficient (Wildman–Crippen LogP) is 1.27.